The highest BCUT2D eigenvalue weighted by Gasteiger charge is 2.28. The summed E-state index contributed by atoms with van der Waals surface area (Å²) in [4.78, 5) is 26.0. The molecule has 3 aromatic carbocycles. The number of methoxy groups -OCH3 is 1. The Hall–Kier alpha value is -3.69. The lowest BCUT2D eigenvalue weighted by Crippen LogP contribution is -2.37. The molecular formula is C27H29N3O5S. The molecule has 1 aliphatic rings. The number of ether oxygens (including phenoxy) is 1. The SMILES string of the molecule is COc1ccc(NC(=O)c2ccccc2NC(=O)c2cccc(S(=O)(=O)N3CCC(C)CC3)c2)cc1. The standard InChI is InChI=1S/C27H29N3O5S/c1-19-14-16-30(17-15-19)36(33,34)23-7-5-6-20(18-23)26(31)29-25-9-4-3-8-24(25)27(32)28-21-10-12-22(35-2)13-11-21/h3-13,18-19H,14-17H2,1-2H3,(H,28,32)(H,29,31). The summed E-state index contributed by atoms with van der Waals surface area (Å²) in [7, 11) is -2.13. The van der Waals surface area contributed by atoms with E-state index in [9.17, 15) is 18.0 Å². The molecule has 0 aliphatic carbocycles. The maximum Gasteiger partial charge on any atom is 0.257 e. The number of piperidine rings is 1. The van der Waals surface area contributed by atoms with Gasteiger partial charge in [0.05, 0.1) is 23.3 Å². The van der Waals surface area contributed by atoms with Crippen molar-refractivity contribution in [3.63, 3.8) is 0 Å². The number of rotatable bonds is 7. The molecule has 8 nitrogen and oxygen atoms in total. The molecule has 1 fully saturated rings. The first-order valence-electron chi connectivity index (χ1n) is 11.7. The first-order valence-corrected chi connectivity index (χ1v) is 13.2. The third-order valence-corrected chi connectivity index (χ3v) is 8.14. The highest BCUT2D eigenvalue weighted by atomic mass is 32.2. The van der Waals surface area contributed by atoms with Gasteiger partial charge in [0.25, 0.3) is 11.8 Å². The Bertz CT molecular complexity index is 1350. The Morgan fingerprint density at radius 1 is 0.889 bits per heavy atom. The number of benzene rings is 3. The van der Waals surface area contributed by atoms with Gasteiger partial charge in [-0.05, 0) is 73.4 Å². The zero-order valence-corrected chi connectivity index (χ0v) is 21.0. The van der Waals surface area contributed by atoms with Gasteiger partial charge in [-0.25, -0.2) is 8.42 Å². The quantitative estimate of drug-likeness (QED) is 0.486. The van der Waals surface area contributed by atoms with Crippen molar-refractivity contribution < 1.29 is 22.7 Å². The van der Waals surface area contributed by atoms with Crippen LogP contribution < -0.4 is 15.4 Å². The van der Waals surface area contributed by atoms with E-state index in [1.165, 1.54) is 16.4 Å². The number of anilines is 2. The summed E-state index contributed by atoms with van der Waals surface area (Å²) in [5.74, 6) is 0.256. The summed E-state index contributed by atoms with van der Waals surface area (Å²) in [5, 5.41) is 5.55. The Kier molecular flexibility index (Phi) is 7.71. The number of hydrogen-bond acceptors (Lipinski definition) is 5. The van der Waals surface area contributed by atoms with Crippen LogP contribution in [0.25, 0.3) is 0 Å². The third kappa shape index (κ3) is 5.75. The molecule has 188 valence electrons. The molecule has 0 radical (unpaired) electrons. The summed E-state index contributed by atoms with van der Waals surface area (Å²) in [5.41, 5.74) is 1.35. The molecule has 0 atom stereocenters. The average molecular weight is 508 g/mol. The highest BCUT2D eigenvalue weighted by Crippen LogP contribution is 2.25. The van der Waals surface area contributed by atoms with Crippen LogP contribution in [0.3, 0.4) is 0 Å². The molecule has 0 aromatic heterocycles. The fraction of sp³-hybridized carbons (Fsp3) is 0.259. The fourth-order valence-corrected chi connectivity index (χ4v) is 5.55. The zero-order valence-electron chi connectivity index (χ0n) is 20.2. The van der Waals surface area contributed by atoms with Gasteiger partial charge in [0.2, 0.25) is 10.0 Å². The number of nitrogens with one attached hydrogen (secondary N) is 2. The van der Waals surface area contributed by atoms with E-state index in [2.05, 4.69) is 17.6 Å². The Morgan fingerprint density at radius 3 is 2.28 bits per heavy atom. The number of amides is 2. The van der Waals surface area contributed by atoms with Crippen LogP contribution in [0.1, 0.15) is 40.5 Å². The van der Waals surface area contributed by atoms with Crippen molar-refractivity contribution in [1.29, 1.82) is 0 Å². The summed E-state index contributed by atoms with van der Waals surface area (Å²) < 4.78 is 32.8. The van der Waals surface area contributed by atoms with E-state index < -0.39 is 21.8 Å². The number of carbonyl (C=O) groups excluding carboxylic acids is 2. The lowest BCUT2D eigenvalue weighted by Gasteiger charge is -2.29. The molecule has 36 heavy (non-hydrogen) atoms. The Balaban J connectivity index is 1.51. The van der Waals surface area contributed by atoms with E-state index in [0.717, 1.165) is 12.8 Å². The Labute approximate surface area is 211 Å². The van der Waals surface area contributed by atoms with Crippen LogP contribution in [0.5, 0.6) is 5.75 Å². The van der Waals surface area contributed by atoms with E-state index >= 15 is 0 Å². The van der Waals surface area contributed by atoms with Gasteiger partial charge in [0.15, 0.2) is 0 Å². The number of para-hydroxylation sites is 1. The third-order valence-electron chi connectivity index (χ3n) is 6.24. The summed E-state index contributed by atoms with van der Waals surface area (Å²) in [6, 6.07) is 19.5. The van der Waals surface area contributed by atoms with Gasteiger partial charge in [0.1, 0.15) is 5.75 Å². The lowest BCUT2D eigenvalue weighted by atomic mass is 10.0. The first kappa shape index (κ1) is 25.4. The van der Waals surface area contributed by atoms with Crippen molar-refractivity contribution in [3.8, 4) is 5.75 Å². The minimum absolute atomic E-state index is 0.0789. The molecule has 2 N–H and O–H groups in total. The minimum atomic E-state index is -3.70. The van der Waals surface area contributed by atoms with Crippen LogP contribution >= 0.6 is 0 Å². The summed E-state index contributed by atoms with van der Waals surface area (Å²) in [6.45, 7) is 3.05. The fourth-order valence-electron chi connectivity index (χ4n) is 4.03. The molecule has 4 rings (SSSR count). The summed E-state index contributed by atoms with van der Waals surface area (Å²) in [6.07, 6.45) is 1.63. The van der Waals surface area contributed by atoms with Crippen LogP contribution in [0.4, 0.5) is 11.4 Å². The molecule has 0 saturated carbocycles. The second-order valence-electron chi connectivity index (χ2n) is 8.80. The van der Waals surface area contributed by atoms with E-state index in [-0.39, 0.29) is 16.0 Å². The van der Waals surface area contributed by atoms with Gasteiger partial charge in [-0.3, -0.25) is 9.59 Å². The largest absolute Gasteiger partial charge is 0.497 e. The summed E-state index contributed by atoms with van der Waals surface area (Å²) >= 11 is 0. The maximum atomic E-state index is 13.1. The van der Waals surface area contributed by atoms with Crippen molar-refractivity contribution in [1.82, 2.24) is 4.31 Å². The van der Waals surface area contributed by atoms with Crippen LogP contribution in [0.15, 0.2) is 77.7 Å². The zero-order chi connectivity index (χ0) is 25.7. The van der Waals surface area contributed by atoms with E-state index in [1.54, 1.807) is 67.8 Å². The molecule has 2 amide bonds. The topological polar surface area (TPSA) is 105 Å². The van der Waals surface area contributed by atoms with E-state index in [4.69, 9.17) is 4.74 Å². The number of carbonyl (C=O) groups is 2. The van der Waals surface area contributed by atoms with Crippen molar-refractivity contribution in [3.05, 3.63) is 83.9 Å². The second-order valence-corrected chi connectivity index (χ2v) is 10.7. The highest BCUT2D eigenvalue weighted by molar-refractivity contribution is 7.89. The smallest absolute Gasteiger partial charge is 0.257 e. The van der Waals surface area contributed by atoms with Crippen molar-refractivity contribution in [2.45, 2.75) is 24.7 Å². The van der Waals surface area contributed by atoms with Crippen molar-refractivity contribution in [2.75, 3.05) is 30.8 Å². The number of hydrogen-bond donors (Lipinski definition) is 2. The van der Waals surface area contributed by atoms with Gasteiger partial charge in [0, 0.05) is 24.3 Å². The second kappa shape index (κ2) is 10.9. The van der Waals surface area contributed by atoms with Crippen LogP contribution in [-0.4, -0.2) is 44.7 Å². The predicted molar refractivity (Wildman–Crippen MR) is 139 cm³/mol. The van der Waals surface area contributed by atoms with E-state index in [0.29, 0.717) is 36.1 Å². The Morgan fingerprint density at radius 2 is 1.58 bits per heavy atom. The minimum Gasteiger partial charge on any atom is -0.497 e. The van der Waals surface area contributed by atoms with Gasteiger partial charge < -0.3 is 15.4 Å². The molecule has 0 bridgehead atoms. The van der Waals surface area contributed by atoms with Gasteiger partial charge in [-0.15, -0.1) is 0 Å². The maximum absolute atomic E-state index is 13.1. The average Bonchev–Trinajstić information content (AvgIpc) is 2.89. The molecule has 9 heteroatoms. The van der Waals surface area contributed by atoms with Crippen LogP contribution in [-0.2, 0) is 10.0 Å². The lowest BCUT2D eigenvalue weighted by molar-refractivity contribution is 0.102. The van der Waals surface area contributed by atoms with Gasteiger partial charge >= 0.3 is 0 Å². The number of nitrogens with zero attached hydrogens (tertiary/aromatic N) is 1. The van der Waals surface area contributed by atoms with E-state index in [1.807, 2.05) is 0 Å². The molecular weight excluding hydrogens is 478 g/mol. The molecule has 1 aliphatic heterocycles. The van der Waals surface area contributed by atoms with Crippen molar-refractivity contribution in [2.24, 2.45) is 5.92 Å². The van der Waals surface area contributed by atoms with Crippen molar-refractivity contribution >= 4 is 33.2 Å². The predicted octanol–water partition coefficient (Wildman–Crippen LogP) is 4.62. The van der Waals surface area contributed by atoms with Crippen LogP contribution in [0.2, 0.25) is 0 Å². The molecule has 3 aromatic rings. The monoisotopic (exact) mass is 507 g/mol. The van der Waals surface area contributed by atoms with Gasteiger partial charge in [-0.2, -0.15) is 4.31 Å². The molecule has 1 saturated heterocycles. The van der Waals surface area contributed by atoms with Gasteiger partial charge in [-0.1, -0.05) is 25.1 Å². The van der Waals surface area contributed by atoms with Crippen LogP contribution in [0, 0.1) is 5.92 Å². The molecule has 1 heterocycles. The molecule has 0 unspecified atom stereocenters. The normalized spacial score (nSPS) is 14.7. The molecule has 0 spiro atoms. The number of sulfonamides is 1. The first-order chi connectivity index (χ1) is 17.3.